The first-order valence-corrected chi connectivity index (χ1v) is 8.20. The minimum absolute atomic E-state index is 0.102. The fraction of sp³-hybridized carbons (Fsp3) is 0.429. The van der Waals surface area contributed by atoms with E-state index in [1.807, 2.05) is 40.7 Å². The Labute approximate surface area is 137 Å². The predicted octanol–water partition coefficient (Wildman–Crippen LogP) is 6.73. The molecule has 0 unspecified atom stereocenters. The Balaban J connectivity index is 0.00000102. The van der Waals surface area contributed by atoms with E-state index >= 15 is 0 Å². The molecule has 0 bridgehead atoms. The Morgan fingerprint density at radius 3 is 2.14 bits per heavy atom. The number of hydrogen-bond acceptors (Lipinski definition) is 1. The Hall–Kier alpha value is -1.76. The fourth-order valence-electron chi connectivity index (χ4n) is 2.53. The first kappa shape index (κ1) is 20.2. The summed E-state index contributed by atoms with van der Waals surface area (Å²) in [5.74, 6) is 1.82. The molecule has 1 aromatic carbocycles. The number of rotatable bonds is 2. The molecule has 0 atom stereocenters. The second-order valence-corrected chi connectivity index (χ2v) is 5.41. The highest BCUT2D eigenvalue weighted by Crippen LogP contribution is 2.46. The topological polar surface area (TPSA) is 9.23 Å². The Morgan fingerprint density at radius 1 is 1.14 bits per heavy atom. The molecule has 1 aliphatic heterocycles. The molecule has 122 valence electrons. The molecule has 0 amide bonds. The largest absolute Gasteiger partial charge is 0.456 e. The number of fused-ring (bicyclic) bond motifs is 1. The van der Waals surface area contributed by atoms with Crippen molar-refractivity contribution in [1.82, 2.24) is 0 Å². The number of hydrogen-bond donors (Lipinski definition) is 0. The van der Waals surface area contributed by atoms with Crippen molar-refractivity contribution >= 4 is 0 Å². The van der Waals surface area contributed by atoms with E-state index < -0.39 is 0 Å². The zero-order valence-electron chi connectivity index (χ0n) is 15.6. The first-order valence-electron chi connectivity index (χ1n) is 8.20. The summed E-state index contributed by atoms with van der Waals surface area (Å²) in [4.78, 5) is 0. The first-order chi connectivity index (χ1) is 10.4. The lowest BCUT2D eigenvalue weighted by Gasteiger charge is -2.36. The van der Waals surface area contributed by atoms with Gasteiger partial charge in [-0.3, -0.25) is 0 Å². The molecule has 0 N–H and O–H groups in total. The minimum Gasteiger partial charge on any atom is -0.456 e. The van der Waals surface area contributed by atoms with Crippen LogP contribution in [0.3, 0.4) is 0 Å². The van der Waals surface area contributed by atoms with Crippen molar-refractivity contribution < 1.29 is 4.74 Å². The van der Waals surface area contributed by atoms with E-state index in [1.165, 1.54) is 5.56 Å². The molecule has 0 fully saturated rings. The third-order valence-corrected chi connectivity index (χ3v) is 3.60. The van der Waals surface area contributed by atoms with Crippen molar-refractivity contribution in [1.29, 1.82) is 0 Å². The number of allylic oxidation sites excluding steroid dienone is 3. The van der Waals surface area contributed by atoms with Gasteiger partial charge < -0.3 is 4.74 Å². The number of ether oxygens (including phenoxy) is 1. The van der Waals surface area contributed by atoms with Crippen molar-refractivity contribution in [2.75, 3.05) is 0 Å². The average molecular weight is 300 g/mol. The van der Waals surface area contributed by atoms with E-state index in [4.69, 9.17) is 4.74 Å². The quantitative estimate of drug-likeness (QED) is 0.588. The van der Waals surface area contributed by atoms with Crippen LogP contribution in [0.2, 0.25) is 0 Å². The van der Waals surface area contributed by atoms with Gasteiger partial charge in [-0.1, -0.05) is 79.0 Å². The van der Waals surface area contributed by atoms with Gasteiger partial charge in [0, 0.05) is 16.6 Å². The van der Waals surface area contributed by atoms with E-state index in [9.17, 15) is 0 Å². The van der Waals surface area contributed by atoms with Crippen LogP contribution in [-0.2, 0) is 5.41 Å². The van der Waals surface area contributed by atoms with Crippen LogP contribution in [0.4, 0.5) is 0 Å². The Morgan fingerprint density at radius 2 is 1.68 bits per heavy atom. The summed E-state index contributed by atoms with van der Waals surface area (Å²) in [5, 5.41) is 0. The zero-order chi connectivity index (χ0) is 17.5. The Bertz CT molecular complexity index is 559. The minimum atomic E-state index is -0.102. The van der Waals surface area contributed by atoms with Gasteiger partial charge in [-0.05, 0) is 25.0 Å². The molecule has 0 aliphatic carbocycles. The SMILES string of the molecule is C=CC1=C(C(=C)C)Oc2c(C)cccc2C1(C)C.CC.CC. The van der Waals surface area contributed by atoms with E-state index in [0.29, 0.717) is 0 Å². The van der Waals surface area contributed by atoms with Crippen LogP contribution in [0, 0.1) is 6.92 Å². The number of aryl methyl sites for hydroxylation is 1. The van der Waals surface area contributed by atoms with Gasteiger partial charge in [0.2, 0.25) is 0 Å². The molecule has 22 heavy (non-hydrogen) atoms. The maximum Gasteiger partial charge on any atom is 0.134 e. The lowest BCUT2D eigenvalue weighted by atomic mass is 9.74. The van der Waals surface area contributed by atoms with Crippen LogP contribution in [-0.4, -0.2) is 0 Å². The highest BCUT2D eigenvalue weighted by molar-refractivity contribution is 5.57. The van der Waals surface area contributed by atoms with Gasteiger partial charge in [0.25, 0.3) is 0 Å². The molecule has 1 heteroatoms. The Kier molecular flexibility index (Phi) is 7.94. The molecule has 1 aromatic rings. The summed E-state index contributed by atoms with van der Waals surface area (Å²) in [6, 6.07) is 6.27. The molecule has 0 spiro atoms. The molecule has 1 aliphatic rings. The third-order valence-electron chi connectivity index (χ3n) is 3.60. The maximum atomic E-state index is 6.07. The van der Waals surface area contributed by atoms with Crippen molar-refractivity contribution in [3.63, 3.8) is 0 Å². The monoisotopic (exact) mass is 300 g/mol. The normalized spacial score (nSPS) is 14.4. The fourth-order valence-corrected chi connectivity index (χ4v) is 2.53. The van der Waals surface area contributed by atoms with E-state index in [1.54, 1.807) is 0 Å². The van der Waals surface area contributed by atoms with Gasteiger partial charge >= 0.3 is 0 Å². The van der Waals surface area contributed by atoms with Gasteiger partial charge in [-0.15, -0.1) is 0 Å². The standard InChI is InChI=1S/C17H20O.2C2H6/c1-7-13-15(11(2)3)18-16-12(4)9-8-10-14(16)17(13,5)6;2*1-2/h7-10H,1-2H2,3-6H3;2*1-2H3. The van der Waals surface area contributed by atoms with Gasteiger partial charge in [-0.2, -0.15) is 0 Å². The second-order valence-electron chi connectivity index (χ2n) is 5.41. The zero-order valence-corrected chi connectivity index (χ0v) is 15.6. The lowest BCUT2D eigenvalue weighted by Crippen LogP contribution is -2.28. The van der Waals surface area contributed by atoms with Gasteiger partial charge in [0.15, 0.2) is 0 Å². The smallest absolute Gasteiger partial charge is 0.134 e. The van der Waals surface area contributed by atoms with Crippen LogP contribution in [0.5, 0.6) is 5.75 Å². The van der Waals surface area contributed by atoms with Crippen LogP contribution in [0.1, 0.15) is 59.6 Å². The van der Waals surface area contributed by atoms with Crippen molar-refractivity contribution in [3.8, 4) is 5.75 Å². The molecule has 0 saturated carbocycles. The lowest BCUT2D eigenvalue weighted by molar-refractivity contribution is 0.379. The molecule has 0 radical (unpaired) electrons. The van der Waals surface area contributed by atoms with Crippen LogP contribution < -0.4 is 4.74 Å². The number of para-hydroxylation sites is 1. The maximum absolute atomic E-state index is 6.07. The van der Waals surface area contributed by atoms with E-state index in [2.05, 4.69) is 52.1 Å². The predicted molar refractivity (Wildman–Crippen MR) is 99.6 cm³/mol. The summed E-state index contributed by atoms with van der Waals surface area (Å²) in [6.07, 6.45) is 1.88. The van der Waals surface area contributed by atoms with E-state index in [0.717, 1.165) is 28.2 Å². The molecule has 1 heterocycles. The van der Waals surface area contributed by atoms with Crippen LogP contribution in [0.15, 0.2) is 54.3 Å². The highest BCUT2D eigenvalue weighted by atomic mass is 16.5. The second kappa shape index (κ2) is 8.63. The van der Waals surface area contributed by atoms with Crippen molar-refractivity contribution in [2.45, 2.75) is 60.8 Å². The average Bonchev–Trinajstić information content (AvgIpc) is 2.51. The molecular formula is C21H32O. The summed E-state index contributed by atoms with van der Waals surface area (Å²) >= 11 is 0. The van der Waals surface area contributed by atoms with Gasteiger partial charge in [-0.25, -0.2) is 0 Å². The summed E-state index contributed by atoms with van der Waals surface area (Å²) in [7, 11) is 0. The molecule has 0 saturated heterocycles. The molecular weight excluding hydrogens is 268 g/mol. The third kappa shape index (κ3) is 3.71. The van der Waals surface area contributed by atoms with Crippen molar-refractivity contribution in [3.05, 3.63) is 65.5 Å². The number of benzene rings is 1. The summed E-state index contributed by atoms with van der Waals surface area (Å²) in [6.45, 7) is 24.4. The summed E-state index contributed by atoms with van der Waals surface area (Å²) in [5.41, 5.74) is 4.31. The molecule has 1 nitrogen and oxygen atoms in total. The van der Waals surface area contributed by atoms with Crippen molar-refractivity contribution in [2.24, 2.45) is 0 Å². The van der Waals surface area contributed by atoms with Gasteiger partial charge in [0.05, 0.1) is 0 Å². The molecule has 2 rings (SSSR count). The highest BCUT2D eigenvalue weighted by Gasteiger charge is 2.35. The van der Waals surface area contributed by atoms with Crippen LogP contribution in [0.25, 0.3) is 0 Å². The summed E-state index contributed by atoms with van der Waals surface area (Å²) < 4.78 is 6.07. The van der Waals surface area contributed by atoms with Gasteiger partial charge in [0.1, 0.15) is 11.5 Å². The molecule has 0 aromatic heterocycles. The van der Waals surface area contributed by atoms with Crippen LogP contribution >= 0.6 is 0 Å². The van der Waals surface area contributed by atoms with E-state index in [-0.39, 0.29) is 5.41 Å².